The molecule has 3 saturated carbocycles. The maximum absolute atomic E-state index is 13.0. The number of aliphatic hydroxyl groups is 1. The molecule has 1 saturated heterocycles. The van der Waals surface area contributed by atoms with Gasteiger partial charge in [0, 0.05) is 30.8 Å². The molecule has 22 heavy (non-hydrogen) atoms. The van der Waals surface area contributed by atoms with Crippen LogP contribution in [0.5, 0.6) is 0 Å². The van der Waals surface area contributed by atoms with E-state index in [0.29, 0.717) is 17.7 Å². The highest BCUT2D eigenvalue weighted by molar-refractivity contribution is 5.79. The summed E-state index contributed by atoms with van der Waals surface area (Å²) in [6.45, 7) is 1.64. The van der Waals surface area contributed by atoms with Gasteiger partial charge in [-0.1, -0.05) is 32.1 Å². The minimum absolute atomic E-state index is 0.146. The molecule has 1 amide bonds. The van der Waals surface area contributed by atoms with Crippen LogP contribution in [0.2, 0.25) is 0 Å². The Labute approximate surface area is 134 Å². The molecule has 124 valence electrons. The van der Waals surface area contributed by atoms with Crippen molar-refractivity contribution in [1.82, 2.24) is 4.90 Å². The van der Waals surface area contributed by atoms with Gasteiger partial charge in [0.25, 0.3) is 0 Å². The Morgan fingerprint density at radius 1 is 0.773 bits per heavy atom. The first-order chi connectivity index (χ1) is 10.7. The van der Waals surface area contributed by atoms with Crippen LogP contribution in [0.1, 0.15) is 64.2 Å². The lowest BCUT2D eigenvalue weighted by Crippen LogP contribution is -2.54. The second kappa shape index (κ2) is 6.14. The number of carbonyl (C=O) groups excluding carboxylic acids is 1. The van der Waals surface area contributed by atoms with Crippen molar-refractivity contribution in [2.75, 3.05) is 13.1 Å². The van der Waals surface area contributed by atoms with Crippen molar-refractivity contribution in [1.29, 1.82) is 0 Å². The average molecular weight is 305 g/mol. The fraction of sp³-hybridized carbons (Fsp3) is 0.947. The quantitative estimate of drug-likeness (QED) is 0.808. The van der Waals surface area contributed by atoms with Crippen LogP contribution in [-0.2, 0) is 4.79 Å². The molecule has 1 unspecified atom stereocenters. The summed E-state index contributed by atoms with van der Waals surface area (Å²) >= 11 is 0. The standard InChI is InChI=1S/C19H31NO2/c21-18-16-6-3-7-17(18)12-20(11-16)19(22)15-9-8-13-4-1-2-5-14(13)10-15/h13-18,21H,1-12H2/t13-,14+,15+,16-,17+,18?/m0/s1. The molecule has 3 heteroatoms. The van der Waals surface area contributed by atoms with Gasteiger partial charge in [-0.05, 0) is 43.9 Å². The van der Waals surface area contributed by atoms with E-state index < -0.39 is 0 Å². The Morgan fingerprint density at radius 2 is 1.41 bits per heavy atom. The van der Waals surface area contributed by atoms with Gasteiger partial charge < -0.3 is 10.0 Å². The van der Waals surface area contributed by atoms with Gasteiger partial charge in [0.1, 0.15) is 0 Å². The van der Waals surface area contributed by atoms with Crippen LogP contribution in [0, 0.1) is 29.6 Å². The van der Waals surface area contributed by atoms with Crippen molar-refractivity contribution in [3.8, 4) is 0 Å². The van der Waals surface area contributed by atoms with Crippen LogP contribution in [0.15, 0.2) is 0 Å². The van der Waals surface area contributed by atoms with E-state index in [1.807, 2.05) is 0 Å². The van der Waals surface area contributed by atoms with Gasteiger partial charge in [-0.25, -0.2) is 0 Å². The van der Waals surface area contributed by atoms with Crippen LogP contribution >= 0.6 is 0 Å². The van der Waals surface area contributed by atoms with E-state index in [0.717, 1.165) is 50.6 Å². The molecule has 3 aliphatic carbocycles. The molecule has 3 nitrogen and oxygen atoms in total. The first kappa shape index (κ1) is 15.0. The van der Waals surface area contributed by atoms with Gasteiger partial charge in [0.05, 0.1) is 6.10 Å². The summed E-state index contributed by atoms with van der Waals surface area (Å²) in [6.07, 6.45) is 12.4. The number of piperidine rings is 1. The van der Waals surface area contributed by atoms with Crippen molar-refractivity contribution in [3.63, 3.8) is 0 Å². The molecule has 1 aliphatic heterocycles. The summed E-state index contributed by atoms with van der Waals surface area (Å²) in [7, 11) is 0. The van der Waals surface area contributed by atoms with E-state index in [2.05, 4.69) is 4.90 Å². The lowest BCUT2D eigenvalue weighted by molar-refractivity contribution is -0.146. The number of hydrogen-bond donors (Lipinski definition) is 1. The topological polar surface area (TPSA) is 40.5 Å². The molecular weight excluding hydrogens is 274 g/mol. The Morgan fingerprint density at radius 3 is 2.14 bits per heavy atom. The molecule has 0 aromatic rings. The monoisotopic (exact) mass is 305 g/mol. The minimum Gasteiger partial charge on any atom is -0.392 e. The van der Waals surface area contributed by atoms with E-state index in [4.69, 9.17) is 0 Å². The molecule has 4 aliphatic rings. The molecule has 1 N–H and O–H groups in total. The molecule has 0 aromatic carbocycles. The van der Waals surface area contributed by atoms with Crippen LogP contribution in [-0.4, -0.2) is 35.1 Å². The van der Waals surface area contributed by atoms with Gasteiger partial charge >= 0.3 is 0 Å². The highest BCUT2D eigenvalue weighted by Gasteiger charge is 2.42. The van der Waals surface area contributed by atoms with Crippen LogP contribution < -0.4 is 0 Å². The van der Waals surface area contributed by atoms with Gasteiger partial charge in [-0.3, -0.25) is 4.79 Å². The van der Waals surface area contributed by atoms with Gasteiger partial charge in [0.2, 0.25) is 5.91 Å². The van der Waals surface area contributed by atoms with Crippen LogP contribution in [0.4, 0.5) is 0 Å². The number of nitrogens with zero attached hydrogens (tertiary/aromatic N) is 1. The second-order valence-corrected chi connectivity index (χ2v) is 8.50. The normalized spacial score (nSPS) is 45.2. The zero-order chi connectivity index (χ0) is 15.1. The predicted molar refractivity (Wildman–Crippen MR) is 86.2 cm³/mol. The first-order valence-electron chi connectivity index (χ1n) is 9.69. The highest BCUT2D eigenvalue weighted by Crippen LogP contribution is 2.44. The number of amides is 1. The zero-order valence-corrected chi connectivity index (χ0v) is 13.8. The van der Waals surface area contributed by atoms with Crippen LogP contribution in [0.3, 0.4) is 0 Å². The molecule has 2 bridgehead atoms. The third-order valence-corrected chi connectivity index (χ3v) is 7.23. The summed E-state index contributed by atoms with van der Waals surface area (Å²) in [5.41, 5.74) is 0. The fourth-order valence-corrected chi connectivity index (χ4v) is 5.94. The molecule has 6 atom stereocenters. The fourth-order valence-electron chi connectivity index (χ4n) is 5.94. The van der Waals surface area contributed by atoms with E-state index >= 15 is 0 Å². The van der Waals surface area contributed by atoms with E-state index in [1.54, 1.807) is 0 Å². The van der Waals surface area contributed by atoms with Crippen molar-refractivity contribution in [2.24, 2.45) is 29.6 Å². The summed E-state index contributed by atoms with van der Waals surface area (Å²) in [6, 6.07) is 0. The lowest BCUT2D eigenvalue weighted by Gasteiger charge is -2.47. The number of carbonyl (C=O) groups is 1. The third kappa shape index (κ3) is 2.70. The third-order valence-electron chi connectivity index (χ3n) is 7.23. The van der Waals surface area contributed by atoms with Crippen molar-refractivity contribution in [3.05, 3.63) is 0 Å². The largest absolute Gasteiger partial charge is 0.392 e. The summed E-state index contributed by atoms with van der Waals surface area (Å²) in [5.74, 6) is 3.15. The second-order valence-electron chi connectivity index (χ2n) is 8.50. The Balaban J connectivity index is 1.39. The minimum atomic E-state index is -0.146. The van der Waals surface area contributed by atoms with E-state index in [9.17, 15) is 9.90 Å². The summed E-state index contributed by atoms with van der Waals surface area (Å²) in [5, 5.41) is 10.3. The Hall–Kier alpha value is -0.570. The Bertz CT molecular complexity index is 410. The number of hydrogen-bond acceptors (Lipinski definition) is 2. The molecule has 1 heterocycles. The van der Waals surface area contributed by atoms with Crippen molar-refractivity contribution in [2.45, 2.75) is 70.3 Å². The van der Waals surface area contributed by atoms with Gasteiger partial charge in [-0.2, -0.15) is 0 Å². The average Bonchev–Trinajstić information content (AvgIpc) is 2.53. The number of likely N-dealkylation sites (tertiary alicyclic amines) is 1. The Kier molecular flexibility index (Phi) is 4.19. The van der Waals surface area contributed by atoms with E-state index in [-0.39, 0.29) is 12.0 Å². The SMILES string of the molecule is O=C([C@@H]1CC[C@@H]2CCCC[C@@H]2C1)N1C[C@H]2CCC[C@@H](C1)C2O. The first-order valence-corrected chi connectivity index (χ1v) is 9.69. The van der Waals surface area contributed by atoms with Crippen LogP contribution in [0.25, 0.3) is 0 Å². The highest BCUT2D eigenvalue weighted by atomic mass is 16.3. The molecule has 0 radical (unpaired) electrons. The van der Waals surface area contributed by atoms with Gasteiger partial charge in [0.15, 0.2) is 0 Å². The maximum Gasteiger partial charge on any atom is 0.225 e. The number of aliphatic hydroxyl groups excluding tert-OH is 1. The molecule has 4 fully saturated rings. The smallest absolute Gasteiger partial charge is 0.225 e. The molecule has 4 rings (SSSR count). The predicted octanol–water partition coefficient (Wildman–Crippen LogP) is 3.21. The van der Waals surface area contributed by atoms with E-state index in [1.165, 1.54) is 38.5 Å². The number of rotatable bonds is 1. The summed E-state index contributed by atoms with van der Waals surface area (Å²) in [4.78, 5) is 15.1. The van der Waals surface area contributed by atoms with Crippen molar-refractivity contribution < 1.29 is 9.90 Å². The van der Waals surface area contributed by atoms with Crippen molar-refractivity contribution >= 4 is 5.91 Å². The summed E-state index contributed by atoms with van der Waals surface area (Å²) < 4.78 is 0. The maximum atomic E-state index is 13.0. The number of fused-ring (bicyclic) bond motifs is 3. The zero-order valence-electron chi connectivity index (χ0n) is 13.8. The molecule has 0 spiro atoms. The molecule has 0 aromatic heterocycles. The van der Waals surface area contributed by atoms with Gasteiger partial charge in [-0.15, -0.1) is 0 Å². The lowest BCUT2D eigenvalue weighted by atomic mass is 9.67. The molecular formula is C19H31NO2.